The van der Waals surface area contributed by atoms with Crippen molar-refractivity contribution in [2.75, 3.05) is 26.9 Å². The molecule has 2 rings (SSSR count). The highest BCUT2D eigenvalue weighted by Crippen LogP contribution is 2.25. The lowest BCUT2D eigenvalue weighted by Gasteiger charge is -2.37. The van der Waals surface area contributed by atoms with E-state index in [2.05, 4.69) is 0 Å². The molecule has 0 radical (unpaired) electrons. The lowest BCUT2D eigenvalue weighted by atomic mass is 10.0. The van der Waals surface area contributed by atoms with Crippen LogP contribution in [0.2, 0.25) is 0 Å². The number of thiophene rings is 1. The largest absolute Gasteiger partial charge is 0.496 e. The van der Waals surface area contributed by atoms with Crippen LogP contribution >= 0.6 is 11.3 Å². The van der Waals surface area contributed by atoms with E-state index in [-0.39, 0.29) is 18.5 Å². The standard InChI is InChI=1S/C10H12FNO2S/c1-14-8-2-9(15-6-8)10(13)12-4-7(3-11)5-12/h2,6-7H,3-5H2,1H3. The first-order valence-electron chi connectivity index (χ1n) is 4.72. The Morgan fingerprint density at radius 2 is 2.47 bits per heavy atom. The first kappa shape index (κ1) is 10.4. The highest BCUT2D eigenvalue weighted by molar-refractivity contribution is 7.12. The predicted octanol–water partition coefficient (Wildman–Crippen LogP) is 1.80. The second-order valence-corrected chi connectivity index (χ2v) is 4.49. The number of likely N-dealkylation sites (tertiary alicyclic amines) is 1. The molecule has 1 aromatic heterocycles. The van der Waals surface area contributed by atoms with Crippen molar-refractivity contribution in [1.29, 1.82) is 0 Å². The topological polar surface area (TPSA) is 29.5 Å². The molecule has 1 aliphatic heterocycles. The van der Waals surface area contributed by atoms with Crippen molar-refractivity contribution in [3.63, 3.8) is 0 Å². The van der Waals surface area contributed by atoms with Crippen molar-refractivity contribution in [1.82, 2.24) is 4.90 Å². The van der Waals surface area contributed by atoms with Gasteiger partial charge < -0.3 is 9.64 Å². The Kier molecular flexibility index (Phi) is 2.90. The summed E-state index contributed by atoms with van der Waals surface area (Å²) in [7, 11) is 1.57. The molecule has 15 heavy (non-hydrogen) atoms. The monoisotopic (exact) mass is 229 g/mol. The third kappa shape index (κ3) is 1.97. The molecule has 1 aliphatic rings. The number of hydrogen-bond acceptors (Lipinski definition) is 3. The summed E-state index contributed by atoms with van der Waals surface area (Å²) in [4.78, 5) is 14.1. The van der Waals surface area contributed by atoms with Gasteiger partial charge in [0.1, 0.15) is 5.75 Å². The second-order valence-electron chi connectivity index (χ2n) is 3.58. The van der Waals surface area contributed by atoms with Gasteiger partial charge in [-0.15, -0.1) is 11.3 Å². The highest BCUT2D eigenvalue weighted by Gasteiger charge is 2.31. The molecule has 1 aromatic rings. The zero-order valence-corrected chi connectivity index (χ0v) is 9.22. The van der Waals surface area contributed by atoms with Crippen LogP contribution in [-0.4, -0.2) is 37.7 Å². The van der Waals surface area contributed by atoms with Gasteiger partial charge in [0.25, 0.3) is 5.91 Å². The Labute approximate surface area is 91.5 Å². The van der Waals surface area contributed by atoms with Crippen LogP contribution in [0.15, 0.2) is 11.4 Å². The molecular weight excluding hydrogens is 217 g/mol. The molecule has 0 atom stereocenters. The Morgan fingerprint density at radius 1 is 1.73 bits per heavy atom. The van der Waals surface area contributed by atoms with Crippen LogP contribution in [0.3, 0.4) is 0 Å². The summed E-state index contributed by atoms with van der Waals surface area (Å²) in [5.41, 5.74) is 0. The van der Waals surface area contributed by atoms with Gasteiger partial charge >= 0.3 is 0 Å². The van der Waals surface area contributed by atoms with E-state index in [1.807, 2.05) is 0 Å². The van der Waals surface area contributed by atoms with Crippen LogP contribution in [0.25, 0.3) is 0 Å². The molecule has 5 heteroatoms. The van der Waals surface area contributed by atoms with Crippen molar-refractivity contribution >= 4 is 17.2 Å². The molecule has 2 heterocycles. The van der Waals surface area contributed by atoms with Crippen molar-refractivity contribution in [2.45, 2.75) is 0 Å². The second kappa shape index (κ2) is 4.18. The van der Waals surface area contributed by atoms with E-state index in [9.17, 15) is 9.18 Å². The smallest absolute Gasteiger partial charge is 0.264 e. The Morgan fingerprint density at radius 3 is 3.00 bits per heavy atom. The number of ether oxygens (including phenoxy) is 1. The molecule has 0 bridgehead atoms. The summed E-state index contributed by atoms with van der Waals surface area (Å²) in [5, 5.41) is 1.79. The molecule has 0 aliphatic carbocycles. The van der Waals surface area contributed by atoms with Crippen molar-refractivity contribution in [3.05, 3.63) is 16.3 Å². The third-order valence-electron chi connectivity index (χ3n) is 2.48. The average Bonchev–Trinajstić information content (AvgIpc) is 2.64. The molecule has 0 saturated carbocycles. The summed E-state index contributed by atoms with van der Waals surface area (Å²) < 4.78 is 17.2. The van der Waals surface area contributed by atoms with Crippen LogP contribution in [0.4, 0.5) is 4.39 Å². The van der Waals surface area contributed by atoms with Crippen LogP contribution in [0.1, 0.15) is 9.67 Å². The summed E-state index contributed by atoms with van der Waals surface area (Å²) in [6.45, 7) is 0.739. The van der Waals surface area contributed by atoms with Gasteiger partial charge in [-0.05, 0) is 0 Å². The van der Waals surface area contributed by atoms with E-state index in [0.717, 1.165) is 0 Å². The van der Waals surface area contributed by atoms with E-state index in [1.54, 1.807) is 23.5 Å². The minimum atomic E-state index is -0.336. The van der Waals surface area contributed by atoms with Gasteiger partial charge in [-0.1, -0.05) is 0 Å². The van der Waals surface area contributed by atoms with Crippen molar-refractivity contribution in [3.8, 4) is 5.75 Å². The van der Waals surface area contributed by atoms with E-state index in [1.165, 1.54) is 11.3 Å². The molecule has 0 aromatic carbocycles. The van der Waals surface area contributed by atoms with Gasteiger partial charge in [0, 0.05) is 30.5 Å². The molecule has 1 saturated heterocycles. The van der Waals surface area contributed by atoms with Crippen LogP contribution in [-0.2, 0) is 0 Å². The summed E-state index contributed by atoms with van der Waals surface area (Å²) in [5.74, 6) is 0.717. The lowest BCUT2D eigenvalue weighted by Crippen LogP contribution is -2.50. The molecule has 1 fully saturated rings. The van der Waals surface area contributed by atoms with E-state index < -0.39 is 0 Å². The van der Waals surface area contributed by atoms with Crippen molar-refractivity contribution in [2.24, 2.45) is 5.92 Å². The maximum atomic E-state index is 12.2. The van der Waals surface area contributed by atoms with E-state index >= 15 is 0 Å². The number of methoxy groups -OCH3 is 1. The fourth-order valence-corrected chi connectivity index (χ4v) is 2.35. The van der Waals surface area contributed by atoms with Gasteiger partial charge in [-0.2, -0.15) is 0 Å². The molecular formula is C10H12FNO2S. The third-order valence-corrected chi connectivity index (χ3v) is 3.38. The summed E-state index contributed by atoms with van der Waals surface area (Å²) >= 11 is 1.36. The number of carbonyl (C=O) groups is 1. The van der Waals surface area contributed by atoms with Gasteiger partial charge in [0.05, 0.1) is 18.7 Å². The van der Waals surface area contributed by atoms with Crippen molar-refractivity contribution < 1.29 is 13.9 Å². The molecule has 3 nitrogen and oxygen atoms in total. The van der Waals surface area contributed by atoms with E-state index in [4.69, 9.17) is 4.74 Å². The Hall–Kier alpha value is -1.10. The first-order valence-corrected chi connectivity index (χ1v) is 5.60. The average molecular weight is 229 g/mol. The van der Waals surface area contributed by atoms with E-state index in [0.29, 0.717) is 23.7 Å². The number of nitrogens with zero attached hydrogens (tertiary/aromatic N) is 1. The summed E-state index contributed by atoms with van der Waals surface area (Å²) in [6, 6.07) is 1.72. The quantitative estimate of drug-likeness (QED) is 0.791. The van der Waals surface area contributed by atoms with Crippen LogP contribution in [0.5, 0.6) is 5.75 Å². The van der Waals surface area contributed by atoms with Crippen LogP contribution < -0.4 is 4.74 Å². The number of halogens is 1. The fourth-order valence-electron chi connectivity index (χ4n) is 1.53. The summed E-state index contributed by atoms with van der Waals surface area (Å²) in [6.07, 6.45) is 0. The predicted molar refractivity (Wildman–Crippen MR) is 56.2 cm³/mol. The zero-order valence-electron chi connectivity index (χ0n) is 8.40. The Balaban J connectivity index is 1.97. The molecule has 0 unspecified atom stereocenters. The zero-order chi connectivity index (χ0) is 10.8. The number of alkyl halides is 1. The van der Waals surface area contributed by atoms with Gasteiger partial charge in [-0.3, -0.25) is 9.18 Å². The molecule has 0 spiro atoms. The highest BCUT2D eigenvalue weighted by atomic mass is 32.1. The number of carbonyl (C=O) groups excluding carboxylic acids is 1. The number of rotatable bonds is 3. The minimum Gasteiger partial charge on any atom is -0.496 e. The number of amides is 1. The number of hydrogen-bond donors (Lipinski definition) is 0. The van der Waals surface area contributed by atoms with Gasteiger partial charge in [0.15, 0.2) is 0 Å². The SMILES string of the molecule is COc1csc(C(=O)N2CC(CF)C2)c1. The maximum absolute atomic E-state index is 12.2. The van der Waals surface area contributed by atoms with Crippen LogP contribution in [0, 0.1) is 5.92 Å². The lowest BCUT2D eigenvalue weighted by molar-refractivity contribution is 0.0457. The first-order chi connectivity index (χ1) is 7.24. The molecule has 0 N–H and O–H groups in total. The van der Waals surface area contributed by atoms with Gasteiger partial charge in [-0.25, -0.2) is 0 Å². The fraction of sp³-hybridized carbons (Fsp3) is 0.500. The van der Waals surface area contributed by atoms with Gasteiger partial charge in [0.2, 0.25) is 0 Å². The maximum Gasteiger partial charge on any atom is 0.264 e. The molecule has 82 valence electrons. The normalized spacial score (nSPS) is 16.3. The minimum absolute atomic E-state index is 0.0204. The Bertz CT molecular complexity index is 360. The molecule has 1 amide bonds.